The zero-order valence-corrected chi connectivity index (χ0v) is 9.89. The molecule has 1 saturated heterocycles. The molecule has 4 nitrogen and oxygen atoms in total. The molecule has 90 valence electrons. The Labute approximate surface area is 96.6 Å². The first-order valence-electron chi connectivity index (χ1n) is 6.11. The number of ether oxygens (including phenoxy) is 1. The molecular weight excluding hydrogens is 204 g/mol. The van der Waals surface area contributed by atoms with Crippen molar-refractivity contribution in [2.75, 3.05) is 20.3 Å². The summed E-state index contributed by atoms with van der Waals surface area (Å²) >= 11 is 0. The van der Waals surface area contributed by atoms with Gasteiger partial charge in [-0.15, -0.1) is 0 Å². The summed E-state index contributed by atoms with van der Waals surface area (Å²) in [6.07, 6.45) is 6.72. The van der Waals surface area contributed by atoms with Gasteiger partial charge in [-0.2, -0.15) is 5.10 Å². The van der Waals surface area contributed by atoms with Crippen LogP contribution >= 0.6 is 0 Å². The number of rotatable bonds is 4. The SMILES string of the molecule is COC[C@@H]1CCCN1/N=C/[C@@H]1CCC(=O)C1. The predicted molar refractivity (Wildman–Crippen MR) is 62.4 cm³/mol. The topological polar surface area (TPSA) is 41.9 Å². The maximum atomic E-state index is 11.1. The molecule has 16 heavy (non-hydrogen) atoms. The predicted octanol–water partition coefficient (Wildman–Crippen LogP) is 1.45. The van der Waals surface area contributed by atoms with E-state index in [0.717, 1.165) is 32.4 Å². The maximum Gasteiger partial charge on any atom is 0.133 e. The van der Waals surface area contributed by atoms with Gasteiger partial charge in [0.15, 0.2) is 0 Å². The molecule has 0 aromatic carbocycles. The number of Topliss-reactive ketones (excluding diaryl/α,β-unsaturated/α-hetero) is 1. The molecule has 0 aromatic rings. The van der Waals surface area contributed by atoms with E-state index >= 15 is 0 Å². The highest BCUT2D eigenvalue weighted by Gasteiger charge is 2.24. The van der Waals surface area contributed by atoms with Crippen molar-refractivity contribution >= 4 is 12.0 Å². The lowest BCUT2D eigenvalue weighted by molar-refractivity contribution is -0.117. The van der Waals surface area contributed by atoms with E-state index in [1.807, 2.05) is 6.21 Å². The minimum atomic E-state index is 0.372. The van der Waals surface area contributed by atoms with Crippen LogP contribution in [0.25, 0.3) is 0 Å². The van der Waals surface area contributed by atoms with E-state index < -0.39 is 0 Å². The Morgan fingerprint density at radius 2 is 2.44 bits per heavy atom. The van der Waals surface area contributed by atoms with Crippen molar-refractivity contribution in [3.8, 4) is 0 Å². The van der Waals surface area contributed by atoms with E-state index in [1.54, 1.807) is 7.11 Å². The molecule has 1 saturated carbocycles. The molecule has 1 aliphatic heterocycles. The molecule has 2 rings (SSSR count). The Morgan fingerprint density at radius 3 is 3.12 bits per heavy atom. The number of nitrogens with zero attached hydrogens (tertiary/aromatic N) is 2. The summed E-state index contributed by atoms with van der Waals surface area (Å²) in [5.41, 5.74) is 0. The largest absolute Gasteiger partial charge is 0.382 e. The summed E-state index contributed by atoms with van der Waals surface area (Å²) in [5, 5.41) is 6.63. The van der Waals surface area contributed by atoms with Gasteiger partial charge < -0.3 is 4.74 Å². The van der Waals surface area contributed by atoms with Crippen LogP contribution in [0.15, 0.2) is 5.10 Å². The number of hydrogen-bond donors (Lipinski definition) is 0. The second kappa shape index (κ2) is 5.43. The molecule has 0 N–H and O–H groups in total. The summed E-state index contributed by atoms with van der Waals surface area (Å²) < 4.78 is 5.18. The zero-order valence-electron chi connectivity index (χ0n) is 9.89. The number of carbonyl (C=O) groups excluding carboxylic acids is 1. The summed E-state index contributed by atoms with van der Waals surface area (Å²) in [6.45, 7) is 1.77. The highest BCUT2D eigenvalue weighted by Crippen LogP contribution is 2.22. The molecule has 0 bridgehead atoms. The molecule has 2 atom stereocenters. The van der Waals surface area contributed by atoms with E-state index in [-0.39, 0.29) is 0 Å². The van der Waals surface area contributed by atoms with Crippen molar-refractivity contribution < 1.29 is 9.53 Å². The van der Waals surface area contributed by atoms with Crippen molar-refractivity contribution in [3.05, 3.63) is 0 Å². The van der Waals surface area contributed by atoms with Gasteiger partial charge in [0.05, 0.1) is 12.6 Å². The van der Waals surface area contributed by atoms with Crippen LogP contribution in [0.3, 0.4) is 0 Å². The van der Waals surface area contributed by atoms with E-state index in [9.17, 15) is 4.79 Å². The van der Waals surface area contributed by atoms with Crippen molar-refractivity contribution in [1.82, 2.24) is 5.01 Å². The van der Waals surface area contributed by atoms with E-state index in [4.69, 9.17) is 4.74 Å². The number of ketones is 1. The molecule has 0 radical (unpaired) electrons. The normalized spacial score (nSPS) is 30.8. The first-order chi connectivity index (χ1) is 7.79. The average molecular weight is 224 g/mol. The summed E-state index contributed by atoms with van der Waals surface area (Å²) in [4.78, 5) is 11.1. The van der Waals surface area contributed by atoms with Gasteiger partial charge in [0.2, 0.25) is 0 Å². The van der Waals surface area contributed by atoms with Crippen molar-refractivity contribution in [1.29, 1.82) is 0 Å². The van der Waals surface area contributed by atoms with Gasteiger partial charge in [-0.1, -0.05) is 0 Å². The molecular formula is C12H20N2O2. The van der Waals surface area contributed by atoms with Gasteiger partial charge in [-0.05, 0) is 19.3 Å². The van der Waals surface area contributed by atoms with Crippen LogP contribution in [0, 0.1) is 5.92 Å². The maximum absolute atomic E-state index is 11.1. The van der Waals surface area contributed by atoms with Gasteiger partial charge in [0, 0.05) is 38.6 Å². The van der Waals surface area contributed by atoms with Crippen LogP contribution in [0.4, 0.5) is 0 Å². The Hall–Kier alpha value is -0.900. The third-order valence-electron chi connectivity index (χ3n) is 3.41. The lowest BCUT2D eigenvalue weighted by atomic mass is 10.1. The molecule has 0 unspecified atom stereocenters. The van der Waals surface area contributed by atoms with Gasteiger partial charge >= 0.3 is 0 Å². The van der Waals surface area contributed by atoms with Crippen LogP contribution in [-0.2, 0) is 9.53 Å². The average Bonchev–Trinajstić information content (AvgIpc) is 2.85. The first-order valence-corrected chi connectivity index (χ1v) is 6.11. The third kappa shape index (κ3) is 2.82. The number of carbonyl (C=O) groups is 1. The second-order valence-electron chi connectivity index (χ2n) is 4.72. The molecule has 2 fully saturated rings. The van der Waals surface area contributed by atoms with Crippen molar-refractivity contribution in [2.24, 2.45) is 11.0 Å². The quantitative estimate of drug-likeness (QED) is 0.679. The van der Waals surface area contributed by atoms with Crippen LogP contribution in [0.2, 0.25) is 0 Å². The van der Waals surface area contributed by atoms with Crippen LogP contribution < -0.4 is 0 Å². The molecule has 1 heterocycles. The Morgan fingerprint density at radius 1 is 1.56 bits per heavy atom. The highest BCUT2D eigenvalue weighted by molar-refractivity contribution is 5.85. The molecule has 4 heteroatoms. The molecule has 0 aromatic heterocycles. The van der Waals surface area contributed by atoms with Gasteiger partial charge in [0.1, 0.15) is 5.78 Å². The van der Waals surface area contributed by atoms with Crippen LogP contribution in [0.1, 0.15) is 32.1 Å². The smallest absolute Gasteiger partial charge is 0.133 e. The fraction of sp³-hybridized carbons (Fsp3) is 0.833. The Kier molecular flexibility index (Phi) is 3.93. The number of methoxy groups -OCH3 is 1. The highest BCUT2D eigenvalue weighted by atomic mass is 16.5. The molecule has 1 aliphatic carbocycles. The summed E-state index contributed by atoms with van der Waals surface area (Å²) in [5.74, 6) is 0.752. The lowest BCUT2D eigenvalue weighted by Crippen LogP contribution is -2.28. The van der Waals surface area contributed by atoms with Crippen LogP contribution in [0.5, 0.6) is 0 Å². The van der Waals surface area contributed by atoms with Crippen molar-refractivity contribution in [3.63, 3.8) is 0 Å². The second-order valence-corrected chi connectivity index (χ2v) is 4.72. The molecule has 0 spiro atoms. The molecule has 2 aliphatic rings. The minimum absolute atomic E-state index is 0.372. The van der Waals surface area contributed by atoms with Gasteiger partial charge in [0.25, 0.3) is 0 Å². The zero-order chi connectivity index (χ0) is 11.4. The summed E-state index contributed by atoms with van der Waals surface area (Å²) in [7, 11) is 1.73. The van der Waals surface area contributed by atoms with Gasteiger partial charge in [-0.3, -0.25) is 9.80 Å². The third-order valence-corrected chi connectivity index (χ3v) is 3.41. The first kappa shape index (κ1) is 11.6. The Balaban J connectivity index is 1.83. The van der Waals surface area contributed by atoms with E-state index in [0.29, 0.717) is 24.2 Å². The fourth-order valence-electron chi connectivity index (χ4n) is 2.48. The standard InChI is InChI=1S/C12H20N2O2/c1-16-9-11-3-2-6-14(11)13-8-10-4-5-12(15)7-10/h8,10-11H,2-7,9H2,1H3/b13-8+/t10-,11+/m1/s1. The fourth-order valence-corrected chi connectivity index (χ4v) is 2.48. The van der Waals surface area contributed by atoms with E-state index in [1.165, 1.54) is 6.42 Å². The van der Waals surface area contributed by atoms with Crippen LogP contribution in [-0.4, -0.2) is 43.3 Å². The summed E-state index contributed by atoms with van der Waals surface area (Å²) in [6, 6.07) is 0.429. The lowest BCUT2D eigenvalue weighted by Gasteiger charge is -2.20. The number of hydrogen-bond acceptors (Lipinski definition) is 4. The molecule has 0 amide bonds. The van der Waals surface area contributed by atoms with Gasteiger partial charge in [-0.25, -0.2) is 0 Å². The number of hydrazone groups is 1. The monoisotopic (exact) mass is 224 g/mol. The Bertz CT molecular complexity index is 278. The van der Waals surface area contributed by atoms with E-state index in [2.05, 4.69) is 10.1 Å². The minimum Gasteiger partial charge on any atom is -0.382 e. The van der Waals surface area contributed by atoms with Crippen molar-refractivity contribution in [2.45, 2.75) is 38.1 Å².